The van der Waals surface area contributed by atoms with Gasteiger partial charge in [0.05, 0.1) is 6.54 Å². The van der Waals surface area contributed by atoms with Crippen LogP contribution in [0.4, 0.5) is 5.69 Å². The zero-order valence-corrected chi connectivity index (χ0v) is 11.4. The van der Waals surface area contributed by atoms with Gasteiger partial charge in [-0.1, -0.05) is 17.7 Å². The second kappa shape index (κ2) is 5.59. The summed E-state index contributed by atoms with van der Waals surface area (Å²) in [4.78, 5) is 13.4. The number of nitrogens with zero attached hydrogens (tertiary/aromatic N) is 1. The van der Waals surface area contributed by atoms with E-state index in [-0.39, 0.29) is 11.9 Å². The third-order valence-corrected chi connectivity index (χ3v) is 3.61. The minimum Gasteiger partial charge on any atom is -0.360 e. The second-order valence-corrected chi connectivity index (χ2v) is 4.89. The number of carbonyl (C=O) groups excluding carboxylic acids is 1. The van der Waals surface area contributed by atoms with Crippen molar-refractivity contribution in [2.75, 3.05) is 31.6 Å². The smallest absolute Gasteiger partial charge is 0.239 e. The normalized spacial score (nSPS) is 17.5. The van der Waals surface area contributed by atoms with Crippen LogP contribution >= 0.6 is 11.6 Å². The molecule has 0 saturated carbocycles. The molecule has 0 radical (unpaired) electrons. The van der Waals surface area contributed by atoms with E-state index in [2.05, 4.69) is 17.6 Å². The molecule has 0 aliphatic carbocycles. The van der Waals surface area contributed by atoms with Crippen molar-refractivity contribution in [3.8, 4) is 0 Å². The van der Waals surface area contributed by atoms with Crippen molar-refractivity contribution in [2.24, 2.45) is 0 Å². The molecule has 1 amide bonds. The molecule has 2 N–H and O–H groups in total. The molecular formula is C13H18ClN3O. The fraction of sp³-hybridized carbons (Fsp3) is 0.462. The van der Waals surface area contributed by atoms with Gasteiger partial charge in [-0.2, -0.15) is 0 Å². The third-order valence-electron chi connectivity index (χ3n) is 3.29. The Balaban J connectivity index is 2.20. The van der Waals surface area contributed by atoms with Crippen LogP contribution in [0.5, 0.6) is 0 Å². The number of anilines is 1. The summed E-state index contributed by atoms with van der Waals surface area (Å²) in [6, 6.07) is 6.19. The zero-order valence-electron chi connectivity index (χ0n) is 10.7. The number of benzene rings is 1. The van der Waals surface area contributed by atoms with E-state index in [1.54, 1.807) is 0 Å². The predicted molar refractivity (Wildman–Crippen MR) is 74.1 cm³/mol. The van der Waals surface area contributed by atoms with Crippen LogP contribution in [0.1, 0.15) is 18.5 Å². The van der Waals surface area contributed by atoms with Gasteiger partial charge < -0.3 is 15.5 Å². The number of hydrogen-bond donors (Lipinski definition) is 2. The van der Waals surface area contributed by atoms with Crippen LogP contribution in [-0.4, -0.2) is 32.6 Å². The van der Waals surface area contributed by atoms with Crippen molar-refractivity contribution in [2.45, 2.75) is 13.0 Å². The quantitative estimate of drug-likeness (QED) is 0.874. The molecule has 1 aromatic rings. The van der Waals surface area contributed by atoms with Crippen molar-refractivity contribution in [1.82, 2.24) is 10.6 Å². The highest BCUT2D eigenvalue weighted by molar-refractivity contribution is 6.31. The molecule has 1 aliphatic heterocycles. The topological polar surface area (TPSA) is 44.4 Å². The largest absolute Gasteiger partial charge is 0.360 e. The zero-order chi connectivity index (χ0) is 13.1. The van der Waals surface area contributed by atoms with Gasteiger partial charge >= 0.3 is 0 Å². The van der Waals surface area contributed by atoms with Gasteiger partial charge in [0.15, 0.2) is 0 Å². The number of carbonyl (C=O) groups is 1. The summed E-state index contributed by atoms with van der Waals surface area (Å²) in [6.45, 7) is 3.97. The fourth-order valence-electron chi connectivity index (χ4n) is 2.08. The Hall–Kier alpha value is -1.26. The third kappa shape index (κ3) is 2.76. The highest BCUT2D eigenvalue weighted by Gasteiger charge is 2.17. The maximum atomic E-state index is 11.4. The lowest BCUT2D eigenvalue weighted by molar-refractivity contribution is -0.120. The Morgan fingerprint density at radius 3 is 2.89 bits per heavy atom. The first kappa shape index (κ1) is 13.2. The average molecular weight is 268 g/mol. The van der Waals surface area contributed by atoms with E-state index < -0.39 is 0 Å². The molecule has 1 unspecified atom stereocenters. The molecule has 0 bridgehead atoms. The number of hydrogen-bond acceptors (Lipinski definition) is 3. The van der Waals surface area contributed by atoms with E-state index in [0.717, 1.165) is 22.8 Å². The minimum absolute atomic E-state index is 0.0602. The lowest BCUT2D eigenvalue weighted by atomic mass is 10.1. The molecular weight excluding hydrogens is 250 g/mol. The van der Waals surface area contributed by atoms with Crippen LogP contribution in [0.15, 0.2) is 18.2 Å². The molecule has 98 valence electrons. The predicted octanol–water partition coefficient (Wildman–Crippen LogP) is 1.56. The minimum atomic E-state index is 0.0602. The van der Waals surface area contributed by atoms with Crippen LogP contribution in [0.2, 0.25) is 5.02 Å². The summed E-state index contributed by atoms with van der Waals surface area (Å²) < 4.78 is 0. The Morgan fingerprint density at radius 2 is 2.28 bits per heavy atom. The Kier molecular flexibility index (Phi) is 4.09. The first-order chi connectivity index (χ1) is 8.61. The van der Waals surface area contributed by atoms with Gasteiger partial charge in [0.25, 0.3) is 0 Å². The molecule has 1 heterocycles. The Labute approximate surface area is 112 Å². The van der Waals surface area contributed by atoms with E-state index >= 15 is 0 Å². The van der Waals surface area contributed by atoms with Gasteiger partial charge in [-0.3, -0.25) is 4.79 Å². The van der Waals surface area contributed by atoms with Crippen molar-refractivity contribution in [1.29, 1.82) is 0 Å². The molecule has 5 heteroatoms. The Morgan fingerprint density at radius 1 is 1.50 bits per heavy atom. The van der Waals surface area contributed by atoms with Crippen LogP contribution in [0.3, 0.4) is 0 Å². The van der Waals surface area contributed by atoms with E-state index in [1.165, 1.54) is 0 Å². The number of halogens is 1. The number of nitrogens with one attached hydrogen (secondary N) is 2. The molecule has 0 aromatic heterocycles. The average Bonchev–Trinajstić information content (AvgIpc) is 2.37. The molecule has 0 spiro atoms. The van der Waals surface area contributed by atoms with Gasteiger partial charge in [0, 0.05) is 29.8 Å². The van der Waals surface area contributed by atoms with Crippen LogP contribution < -0.4 is 15.5 Å². The number of piperazine rings is 1. The van der Waals surface area contributed by atoms with Crippen LogP contribution in [0, 0.1) is 0 Å². The van der Waals surface area contributed by atoms with Gasteiger partial charge in [0.2, 0.25) is 5.91 Å². The monoisotopic (exact) mass is 267 g/mol. The molecule has 1 atom stereocenters. The van der Waals surface area contributed by atoms with Crippen LogP contribution in [-0.2, 0) is 4.79 Å². The first-order valence-corrected chi connectivity index (χ1v) is 6.48. The summed E-state index contributed by atoms with van der Waals surface area (Å²) in [7, 11) is 1.91. The lowest BCUT2D eigenvalue weighted by Gasteiger charge is -2.29. The standard InChI is InChI=1S/C13H18ClN3O/c1-9(15-2)11-4-3-10(7-12(11)14)17-6-5-16-13(18)8-17/h3-4,7,9,15H,5-6,8H2,1-2H3,(H,16,18). The molecule has 18 heavy (non-hydrogen) atoms. The van der Waals surface area contributed by atoms with E-state index in [9.17, 15) is 4.79 Å². The maximum Gasteiger partial charge on any atom is 0.239 e. The summed E-state index contributed by atoms with van der Waals surface area (Å²) in [5.41, 5.74) is 2.08. The fourth-order valence-corrected chi connectivity index (χ4v) is 2.42. The highest BCUT2D eigenvalue weighted by atomic mass is 35.5. The van der Waals surface area contributed by atoms with Gasteiger partial charge in [-0.25, -0.2) is 0 Å². The van der Waals surface area contributed by atoms with Gasteiger partial charge in [-0.15, -0.1) is 0 Å². The van der Waals surface area contributed by atoms with Crippen molar-refractivity contribution < 1.29 is 4.79 Å². The molecule has 4 nitrogen and oxygen atoms in total. The molecule has 1 fully saturated rings. The van der Waals surface area contributed by atoms with Gasteiger partial charge in [-0.05, 0) is 31.7 Å². The van der Waals surface area contributed by atoms with E-state index in [1.807, 2.05) is 30.1 Å². The van der Waals surface area contributed by atoms with E-state index in [4.69, 9.17) is 11.6 Å². The van der Waals surface area contributed by atoms with E-state index in [0.29, 0.717) is 13.1 Å². The molecule has 1 saturated heterocycles. The molecule has 2 rings (SSSR count). The highest BCUT2D eigenvalue weighted by Crippen LogP contribution is 2.28. The first-order valence-electron chi connectivity index (χ1n) is 6.10. The molecule has 1 aromatic carbocycles. The molecule has 1 aliphatic rings. The maximum absolute atomic E-state index is 11.4. The summed E-state index contributed by atoms with van der Waals surface area (Å²) >= 11 is 6.29. The van der Waals surface area contributed by atoms with Gasteiger partial charge in [0.1, 0.15) is 0 Å². The van der Waals surface area contributed by atoms with Crippen molar-refractivity contribution in [3.63, 3.8) is 0 Å². The summed E-state index contributed by atoms with van der Waals surface area (Å²) in [5.74, 6) is 0.0602. The summed E-state index contributed by atoms with van der Waals surface area (Å²) in [6.07, 6.45) is 0. The van der Waals surface area contributed by atoms with Crippen LogP contribution in [0.25, 0.3) is 0 Å². The van der Waals surface area contributed by atoms with Crippen molar-refractivity contribution in [3.05, 3.63) is 28.8 Å². The lowest BCUT2D eigenvalue weighted by Crippen LogP contribution is -2.47. The van der Waals surface area contributed by atoms with Crippen molar-refractivity contribution >= 4 is 23.2 Å². The number of rotatable bonds is 3. The second-order valence-electron chi connectivity index (χ2n) is 4.49. The number of amides is 1. The SMILES string of the molecule is CNC(C)c1ccc(N2CCNC(=O)C2)cc1Cl. The Bertz CT molecular complexity index is 450. The summed E-state index contributed by atoms with van der Waals surface area (Å²) in [5, 5.41) is 6.71.